The van der Waals surface area contributed by atoms with Crippen LogP contribution in [-0.4, -0.2) is 38.7 Å². The summed E-state index contributed by atoms with van der Waals surface area (Å²) >= 11 is 0. The third kappa shape index (κ3) is 3.31. The number of rotatable bonds is 5. The Balaban J connectivity index is 1.88. The van der Waals surface area contributed by atoms with E-state index in [0.717, 1.165) is 18.4 Å². The SMILES string of the molecule is COc1ccc(C(=O)N2CCCC2c2ccc(OC)c(OC)c2)cc1F. The number of benzene rings is 2. The van der Waals surface area contributed by atoms with E-state index in [1.807, 2.05) is 18.2 Å². The van der Waals surface area contributed by atoms with Crippen LogP contribution in [0.1, 0.15) is 34.8 Å². The number of hydrogen-bond acceptors (Lipinski definition) is 4. The molecular weight excluding hydrogens is 337 g/mol. The number of carbonyl (C=O) groups excluding carboxylic acids is 1. The van der Waals surface area contributed by atoms with Gasteiger partial charge in [0.1, 0.15) is 0 Å². The third-order valence-corrected chi connectivity index (χ3v) is 4.70. The fourth-order valence-corrected chi connectivity index (χ4v) is 3.38. The standard InChI is InChI=1S/C20H22FNO4/c1-24-17-8-7-14(11-15(17)21)20(23)22-10-4-5-16(22)13-6-9-18(25-2)19(12-13)26-3/h6-9,11-12,16H,4-5,10H2,1-3H3. The molecule has 138 valence electrons. The van der Waals surface area contributed by atoms with Crippen LogP contribution in [0.15, 0.2) is 36.4 Å². The second-order valence-electron chi connectivity index (χ2n) is 6.12. The van der Waals surface area contributed by atoms with Crippen LogP contribution in [-0.2, 0) is 0 Å². The molecule has 26 heavy (non-hydrogen) atoms. The van der Waals surface area contributed by atoms with Crippen molar-refractivity contribution in [2.45, 2.75) is 18.9 Å². The predicted molar refractivity (Wildman–Crippen MR) is 95.5 cm³/mol. The van der Waals surface area contributed by atoms with E-state index in [-0.39, 0.29) is 17.7 Å². The van der Waals surface area contributed by atoms with Crippen LogP contribution in [0, 0.1) is 5.82 Å². The highest BCUT2D eigenvalue weighted by atomic mass is 19.1. The summed E-state index contributed by atoms with van der Waals surface area (Å²) in [6.45, 7) is 0.630. The molecule has 1 saturated heterocycles. The zero-order valence-corrected chi connectivity index (χ0v) is 15.1. The number of nitrogens with zero attached hydrogens (tertiary/aromatic N) is 1. The van der Waals surface area contributed by atoms with Crippen molar-refractivity contribution in [3.63, 3.8) is 0 Å². The van der Waals surface area contributed by atoms with E-state index >= 15 is 0 Å². The zero-order chi connectivity index (χ0) is 18.7. The summed E-state index contributed by atoms with van der Waals surface area (Å²) in [5.74, 6) is 0.660. The van der Waals surface area contributed by atoms with Gasteiger partial charge in [-0.05, 0) is 48.7 Å². The average molecular weight is 359 g/mol. The Kier molecular flexibility index (Phi) is 5.30. The highest BCUT2D eigenvalue weighted by Gasteiger charge is 2.31. The zero-order valence-electron chi connectivity index (χ0n) is 15.1. The van der Waals surface area contributed by atoms with Gasteiger partial charge in [-0.2, -0.15) is 0 Å². The molecular formula is C20H22FNO4. The molecule has 1 heterocycles. The number of amides is 1. The fraction of sp³-hybridized carbons (Fsp3) is 0.350. The van der Waals surface area contributed by atoms with Gasteiger partial charge in [-0.3, -0.25) is 4.79 Å². The van der Waals surface area contributed by atoms with Gasteiger partial charge < -0.3 is 19.1 Å². The summed E-state index contributed by atoms with van der Waals surface area (Å²) in [5, 5.41) is 0. The van der Waals surface area contributed by atoms with Crippen LogP contribution in [0.3, 0.4) is 0 Å². The lowest BCUT2D eigenvalue weighted by Crippen LogP contribution is -2.30. The summed E-state index contributed by atoms with van der Waals surface area (Å²) in [4.78, 5) is 14.7. The number of hydrogen-bond donors (Lipinski definition) is 0. The number of likely N-dealkylation sites (tertiary alicyclic amines) is 1. The maximum absolute atomic E-state index is 14.0. The molecule has 0 saturated carbocycles. The number of ether oxygens (including phenoxy) is 3. The van der Waals surface area contributed by atoms with Crippen molar-refractivity contribution in [3.8, 4) is 17.2 Å². The van der Waals surface area contributed by atoms with Crippen LogP contribution < -0.4 is 14.2 Å². The Bertz CT molecular complexity index is 808. The van der Waals surface area contributed by atoms with E-state index in [2.05, 4.69) is 0 Å². The van der Waals surface area contributed by atoms with Crippen molar-refractivity contribution in [2.24, 2.45) is 0 Å². The monoisotopic (exact) mass is 359 g/mol. The predicted octanol–water partition coefficient (Wildman–Crippen LogP) is 3.83. The Morgan fingerprint density at radius 1 is 1.00 bits per heavy atom. The maximum atomic E-state index is 14.0. The van der Waals surface area contributed by atoms with Gasteiger partial charge in [0, 0.05) is 12.1 Å². The summed E-state index contributed by atoms with van der Waals surface area (Å²) < 4.78 is 29.5. The van der Waals surface area contributed by atoms with Crippen molar-refractivity contribution in [2.75, 3.05) is 27.9 Å². The molecule has 3 rings (SSSR count). The van der Waals surface area contributed by atoms with Crippen molar-refractivity contribution in [1.29, 1.82) is 0 Å². The van der Waals surface area contributed by atoms with Crippen LogP contribution in [0.25, 0.3) is 0 Å². The van der Waals surface area contributed by atoms with Crippen LogP contribution >= 0.6 is 0 Å². The summed E-state index contributed by atoms with van der Waals surface area (Å²) in [5.41, 5.74) is 1.29. The molecule has 5 nitrogen and oxygen atoms in total. The minimum Gasteiger partial charge on any atom is -0.494 e. The normalized spacial score (nSPS) is 16.5. The molecule has 1 atom stereocenters. The quantitative estimate of drug-likeness (QED) is 0.814. The number of carbonyl (C=O) groups is 1. The first-order valence-corrected chi connectivity index (χ1v) is 8.45. The van der Waals surface area contributed by atoms with Crippen molar-refractivity contribution in [1.82, 2.24) is 4.90 Å². The molecule has 1 aliphatic heterocycles. The highest BCUT2D eigenvalue weighted by Crippen LogP contribution is 2.37. The third-order valence-electron chi connectivity index (χ3n) is 4.70. The summed E-state index contributed by atoms with van der Waals surface area (Å²) in [6.07, 6.45) is 1.74. The highest BCUT2D eigenvalue weighted by molar-refractivity contribution is 5.94. The van der Waals surface area contributed by atoms with Crippen LogP contribution in [0.5, 0.6) is 17.2 Å². The molecule has 0 spiro atoms. The van der Waals surface area contributed by atoms with Crippen molar-refractivity contribution < 1.29 is 23.4 Å². The van der Waals surface area contributed by atoms with Gasteiger partial charge in [0.15, 0.2) is 23.1 Å². The van der Waals surface area contributed by atoms with Gasteiger partial charge in [-0.25, -0.2) is 4.39 Å². The molecule has 1 unspecified atom stereocenters. The van der Waals surface area contributed by atoms with Crippen molar-refractivity contribution >= 4 is 5.91 Å². The smallest absolute Gasteiger partial charge is 0.254 e. The molecule has 0 aromatic heterocycles. The first kappa shape index (κ1) is 18.0. The second kappa shape index (κ2) is 7.64. The molecule has 1 fully saturated rings. The first-order chi connectivity index (χ1) is 12.6. The molecule has 6 heteroatoms. The van der Waals surface area contributed by atoms with E-state index in [9.17, 15) is 9.18 Å². The summed E-state index contributed by atoms with van der Waals surface area (Å²) in [6, 6.07) is 9.88. The minimum absolute atomic E-state index is 0.0764. The van der Waals surface area contributed by atoms with E-state index in [0.29, 0.717) is 23.6 Å². The molecule has 0 aliphatic carbocycles. The van der Waals surface area contributed by atoms with Crippen LogP contribution in [0.2, 0.25) is 0 Å². The molecule has 0 N–H and O–H groups in total. The molecule has 2 aromatic rings. The Hall–Kier alpha value is -2.76. The Labute approximate surface area is 152 Å². The lowest BCUT2D eigenvalue weighted by atomic mass is 10.0. The van der Waals surface area contributed by atoms with Gasteiger partial charge in [-0.15, -0.1) is 0 Å². The Morgan fingerprint density at radius 2 is 1.69 bits per heavy atom. The lowest BCUT2D eigenvalue weighted by Gasteiger charge is -2.26. The minimum atomic E-state index is -0.541. The lowest BCUT2D eigenvalue weighted by molar-refractivity contribution is 0.0735. The van der Waals surface area contributed by atoms with Gasteiger partial charge in [0.25, 0.3) is 5.91 Å². The fourth-order valence-electron chi connectivity index (χ4n) is 3.38. The van der Waals surface area contributed by atoms with Gasteiger partial charge in [0.2, 0.25) is 0 Å². The van der Waals surface area contributed by atoms with Gasteiger partial charge in [-0.1, -0.05) is 6.07 Å². The molecule has 0 bridgehead atoms. The molecule has 0 radical (unpaired) electrons. The topological polar surface area (TPSA) is 48.0 Å². The molecule has 1 amide bonds. The second-order valence-corrected chi connectivity index (χ2v) is 6.12. The number of halogens is 1. The summed E-state index contributed by atoms with van der Waals surface area (Å²) in [7, 11) is 4.56. The maximum Gasteiger partial charge on any atom is 0.254 e. The van der Waals surface area contributed by atoms with Crippen LogP contribution in [0.4, 0.5) is 4.39 Å². The van der Waals surface area contributed by atoms with Gasteiger partial charge >= 0.3 is 0 Å². The first-order valence-electron chi connectivity index (χ1n) is 8.45. The van der Waals surface area contributed by atoms with E-state index in [1.165, 1.54) is 19.2 Å². The molecule has 2 aromatic carbocycles. The molecule has 1 aliphatic rings. The Morgan fingerprint density at radius 3 is 2.35 bits per heavy atom. The van der Waals surface area contributed by atoms with Gasteiger partial charge in [0.05, 0.1) is 27.4 Å². The van der Waals surface area contributed by atoms with E-state index in [1.54, 1.807) is 25.2 Å². The van der Waals surface area contributed by atoms with Crippen molar-refractivity contribution in [3.05, 3.63) is 53.3 Å². The average Bonchev–Trinajstić information content (AvgIpc) is 3.16. The number of methoxy groups -OCH3 is 3. The van der Waals surface area contributed by atoms with E-state index in [4.69, 9.17) is 14.2 Å². The van der Waals surface area contributed by atoms with E-state index < -0.39 is 5.82 Å². The largest absolute Gasteiger partial charge is 0.494 e.